The Bertz CT molecular complexity index is 437. The van der Waals surface area contributed by atoms with Gasteiger partial charge >= 0.3 is 17.2 Å². The van der Waals surface area contributed by atoms with Gasteiger partial charge in [-0.15, -0.1) is 0 Å². The maximum atomic E-state index is 12.0. The number of amides is 1. The quantitative estimate of drug-likeness (QED) is 0.518. The smallest absolute Gasteiger partial charge is 0.370 e. The van der Waals surface area contributed by atoms with Gasteiger partial charge in [0, 0.05) is 18.6 Å². The highest BCUT2D eigenvalue weighted by molar-refractivity contribution is 8.13. The normalized spacial score (nSPS) is 11.8. The second-order valence-corrected chi connectivity index (χ2v) is 6.12. The van der Waals surface area contributed by atoms with Crippen LogP contribution in [0.15, 0.2) is 0 Å². The Kier molecular flexibility index (Phi) is 10.0. The summed E-state index contributed by atoms with van der Waals surface area (Å²) in [5.74, 6) is -1.90. The third kappa shape index (κ3) is 10.6. The number of rotatable bonds is 8. The molecule has 1 atom stereocenters. The standard InChI is InChI=1S/C14H23NO7S/c1-8(2)12(17)15-11(13(18)22-9(3)4)6-23-14(19)21-7-20-10(5)16/h8-9,11H,6-7H2,1-5H3,(H,15,17)/t11-/m0/s1. The monoisotopic (exact) mass is 349 g/mol. The topological polar surface area (TPSA) is 108 Å². The van der Waals surface area contributed by atoms with Crippen LogP contribution in [0.5, 0.6) is 0 Å². The first-order chi connectivity index (χ1) is 10.6. The van der Waals surface area contributed by atoms with E-state index in [1.54, 1.807) is 27.7 Å². The van der Waals surface area contributed by atoms with Crippen molar-refractivity contribution in [2.24, 2.45) is 5.92 Å². The zero-order chi connectivity index (χ0) is 18.0. The van der Waals surface area contributed by atoms with Crippen LogP contribution in [0.1, 0.15) is 34.6 Å². The molecule has 0 radical (unpaired) electrons. The molecule has 132 valence electrons. The molecular formula is C14H23NO7S. The Morgan fingerprint density at radius 3 is 2.13 bits per heavy atom. The maximum absolute atomic E-state index is 12.0. The van der Waals surface area contributed by atoms with Gasteiger partial charge in [0.1, 0.15) is 6.04 Å². The maximum Gasteiger partial charge on any atom is 0.370 e. The van der Waals surface area contributed by atoms with Crippen LogP contribution >= 0.6 is 11.8 Å². The highest BCUT2D eigenvalue weighted by atomic mass is 32.2. The van der Waals surface area contributed by atoms with Crippen molar-refractivity contribution in [3.05, 3.63) is 0 Å². The summed E-state index contributed by atoms with van der Waals surface area (Å²) in [6.07, 6.45) is -0.345. The van der Waals surface area contributed by atoms with Crippen molar-refractivity contribution < 1.29 is 33.4 Å². The molecule has 0 unspecified atom stereocenters. The van der Waals surface area contributed by atoms with Gasteiger partial charge in [-0.25, -0.2) is 9.59 Å². The van der Waals surface area contributed by atoms with E-state index >= 15 is 0 Å². The fourth-order valence-electron chi connectivity index (χ4n) is 1.18. The summed E-state index contributed by atoms with van der Waals surface area (Å²) in [6.45, 7) is 7.40. The van der Waals surface area contributed by atoms with Crippen LogP contribution in [0.25, 0.3) is 0 Å². The molecule has 0 saturated heterocycles. The van der Waals surface area contributed by atoms with E-state index in [-0.39, 0.29) is 23.7 Å². The van der Waals surface area contributed by atoms with Gasteiger partial charge in [0.2, 0.25) is 12.7 Å². The predicted molar refractivity (Wildman–Crippen MR) is 83.6 cm³/mol. The van der Waals surface area contributed by atoms with Crippen LogP contribution in [0.3, 0.4) is 0 Å². The molecule has 0 aliphatic carbocycles. The zero-order valence-electron chi connectivity index (χ0n) is 13.9. The lowest BCUT2D eigenvalue weighted by atomic mass is 10.2. The lowest BCUT2D eigenvalue weighted by Crippen LogP contribution is -2.46. The van der Waals surface area contributed by atoms with Crippen molar-refractivity contribution >= 4 is 34.9 Å². The molecule has 0 aliphatic heterocycles. The summed E-state index contributed by atoms with van der Waals surface area (Å²) in [4.78, 5) is 45.7. The van der Waals surface area contributed by atoms with Gasteiger partial charge in [0.25, 0.3) is 0 Å². The minimum absolute atomic E-state index is 0.0527. The first kappa shape index (κ1) is 21.2. The average Bonchev–Trinajstić information content (AvgIpc) is 2.41. The van der Waals surface area contributed by atoms with Crippen molar-refractivity contribution in [3.8, 4) is 0 Å². The Hall–Kier alpha value is -1.77. The Morgan fingerprint density at radius 2 is 1.65 bits per heavy atom. The van der Waals surface area contributed by atoms with Crippen molar-refractivity contribution in [2.75, 3.05) is 12.5 Å². The molecule has 23 heavy (non-hydrogen) atoms. The molecule has 0 aromatic carbocycles. The molecule has 8 nitrogen and oxygen atoms in total. The van der Waals surface area contributed by atoms with Gasteiger partial charge < -0.3 is 19.5 Å². The molecule has 0 aromatic heterocycles. The molecule has 0 rings (SSSR count). The second kappa shape index (κ2) is 10.9. The largest absolute Gasteiger partial charge is 0.461 e. The Labute approximate surface area is 139 Å². The molecular weight excluding hydrogens is 326 g/mol. The van der Waals surface area contributed by atoms with E-state index in [9.17, 15) is 19.2 Å². The van der Waals surface area contributed by atoms with Crippen molar-refractivity contribution in [2.45, 2.75) is 46.8 Å². The number of nitrogens with one attached hydrogen (secondary N) is 1. The molecule has 0 bridgehead atoms. The van der Waals surface area contributed by atoms with Gasteiger partial charge in [0.05, 0.1) is 6.10 Å². The number of ether oxygens (including phenoxy) is 3. The zero-order valence-corrected chi connectivity index (χ0v) is 14.7. The van der Waals surface area contributed by atoms with E-state index in [1.807, 2.05) is 0 Å². The second-order valence-electron chi connectivity index (χ2n) is 5.16. The average molecular weight is 349 g/mol. The number of hydrogen-bond acceptors (Lipinski definition) is 8. The van der Waals surface area contributed by atoms with Gasteiger partial charge in [-0.3, -0.25) is 9.59 Å². The van der Waals surface area contributed by atoms with Crippen LogP contribution in [-0.2, 0) is 28.6 Å². The van der Waals surface area contributed by atoms with Crippen LogP contribution in [0, 0.1) is 5.92 Å². The van der Waals surface area contributed by atoms with E-state index in [4.69, 9.17) is 4.74 Å². The fourth-order valence-corrected chi connectivity index (χ4v) is 1.83. The summed E-state index contributed by atoms with van der Waals surface area (Å²) in [5, 5.41) is 1.79. The first-order valence-electron chi connectivity index (χ1n) is 7.07. The molecule has 0 spiro atoms. The summed E-state index contributed by atoms with van der Waals surface area (Å²) >= 11 is 0.677. The summed E-state index contributed by atoms with van der Waals surface area (Å²) in [6, 6.07) is -0.974. The third-order valence-corrected chi connectivity index (χ3v) is 3.14. The summed E-state index contributed by atoms with van der Waals surface area (Å²) in [5.41, 5.74) is 0. The highest BCUT2D eigenvalue weighted by Gasteiger charge is 2.25. The molecule has 0 fully saturated rings. The van der Waals surface area contributed by atoms with Crippen LogP contribution in [-0.4, -0.2) is 47.8 Å². The summed E-state index contributed by atoms with van der Waals surface area (Å²) in [7, 11) is 0. The van der Waals surface area contributed by atoms with E-state index in [0.29, 0.717) is 11.8 Å². The van der Waals surface area contributed by atoms with E-state index < -0.39 is 30.1 Å². The molecule has 0 aromatic rings. The van der Waals surface area contributed by atoms with Crippen molar-refractivity contribution in [1.82, 2.24) is 5.32 Å². The molecule has 9 heteroatoms. The van der Waals surface area contributed by atoms with Gasteiger partial charge in [-0.1, -0.05) is 13.8 Å². The molecule has 0 saturated carbocycles. The van der Waals surface area contributed by atoms with Crippen molar-refractivity contribution in [1.29, 1.82) is 0 Å². The lowest BCUT2D eigenvalue weighted by Gasteiger charge is -2.19. The van der Waals surface area contributed by atoms with Gasteiger partial charge in [-0.2, -0.15) is 0 Å². The summed E-state index contributed by atoms with van der Waals surface area (Å²) < 4.78 is 14.1. The molecule has 1 N–H and O–H groups in total. The third-order valence-electron chi connectivity index (χ3n) is 2.28. The Balaban J connectivity index is 4.50. The van der Waals surface area contributed by atoms with Gasteiger partial charge in [0.15, 0.2) is 0 Å². The molecule has 0 heterocycles. The lowest BCUT2D eigenvalue weighted by molar-refractivity contribution is -0.151. The van der Waals surface area contributed by atoms with Crippen LogP contribution < -0.4 is 5.32 Å². The van der Waals surface area contributed by atoms with Crippen molar-refractivity contribution in [3.63, 3.8) is 0 Å². The minimum atomic E-state index is -0.974. The number of hydrogen-bond donors (Lipinski definition) is 1. The Morgan fingerprint density at radius 1 is 1.04 bits per heavy atom. The van der Waals surface area contributed by atoms with Crippen LogP contribution in [0.4, 0.5) is 4.79 Å². The highest BCUT2D eigenvalue weighted by Crippen LogP contribution is 2.10. The van der Waals surface area contributed by atoms with E-state index in [1.165, 1.54) is 6.92 Å². The molecule has 0 aliphatic rings. The number of esters is 2. The number of carbonyl (C=O) groups is 4. The van der Waals surface area contributed by atoms with Crippen LogP contribution in [0.2, 0.25) is 0 Å². The fraction of sp³-hybridized carbons (Fsp3) is 0.714. The van der Waals surface area contributed by atoms with Gasteiger partial charge in [-0.05, 0) is 25.6 Å². The molecule has 1 amide bonds. The van der Waals surface area contributed by atoms with E-state index in [0.717, 1.165) is 0 Å². The first-order valence-corrected chi connectivity index (χ1v) is 8.05. The number of carbonyl (C=O) groups excluding carboxylic acids is 4. The predicted octanol–water partition coefficient (Wildman–Crippen LogP) is 1.47. The SMILES string of the molecule is CC(=O)OCOC(=O)SC[C@H](NC(=O)C(C)C)C(=O)OC(C)C. The number of thioether (sulfide) groups is 1. The minimum Gasteiger partial charge on any atom is -0.461 e. The van der Waals surface area contributed by atoms with E-state index in [2.05, 4.69) is 14.8 Å².